The van der Waals surface area contributed by atoms with Crippen molar-refractivity contribution >= 4 is 52.0 Å². The highest BCUT2D eigenvalue weighted by molar-refractivity contribution is 6.25. The number of imidazole rings is 1. The number of fused-ring (bicyclic) bond motifs is 2. The molecule has 0 spiro atoms. The van der Waals surface area contributed by atoms with Gasteiger partial charge in [0.05, 0.1) is 67.8 Å². The van der Waals surface area contributed by atoms with E-state index in [1.807, 2.05) is 41.8 Å². The van der Waals surface area contributed by atoms with E-state index in [0.717, 1.165) is 35.8 Å². The fraction of sp³-hybridized carbons (Fsp3) is 0.372. The summed E-state index contributed by atoms with van der Waals surface area (Å²) in [6, 6.07) is 16.6. The maximum atomic E-state index is 15.7. The lowest BCUT2D eigenvalue weighted by molar-refractivity contribution is -0.136. The minimum Gasteiger partial charge on any atom is -0.384 e. The third-order valence-electron chi connectivity index (χ3n) is 11.0. The zero-order valence-electron chi connectivity index (χ0n) is 33.8. The number of aromatic nitrogens is 4. The van der Waals surface area contributed by atoms with Crippen molar-refractivity contribution in [1.29, 1.82) is 0 Å². The van der Waals surface area contributed by atoms with E-state index in [9.17, 15) is 19.2 Å². The van der Waals surface area contributed by atoms with E-state index in [0.29, 0.717) is 99.1 Å². The normalized spacial score (nSPS) is 17.0. The summed E-state index contributed by atoms with van der Waals surface area (Å²) in [5.74, 6) is -1.37. The molecule has 61 heavy (non-hydrogen) atoms. The highest BCUT2D eigenvalue weighted by Crippen LogP contribution is 2.33. The molecule has 0 bridgehead atoms. The van der Waals surface area contributed by atoms with Crippen LogP contribution in [0.4, 0.5) is 21.6 Å². The van der Waals surface area contributed by atoms with Crippen LogP contribution >= 0.6 is 0 Å². The summed E-state index contributed by atoms with van der Waals surface area (Å²) in [4.78, 5) is 69.1. The number of piperazine rings is 1. The number of anilines is 3. The highest BCUT2D eigenvalue weighted by Gasteiger charge is 2.45. The first-order chi connectivity index (χ1) is 29.7. The van der Waals surface area contributed by atoms with Gasteiger partial charge in [0.15, 0.2) is 5.65 Å². The molecule has 0 saturated carbocycles. The third-order valence-corrected chi connectivity index (χ3v) is 11.0. The van der Waals surface area contributed by atoms with Gasteiger partial charge in [0.1, 0.15) is 29.0 Å². The van der Waals surface area contributed by atoms with E-state index < -0.39 is 29.7 Å². The Morgan fingerprint density at radius 1 is 0.869 bits per heavy atom. The number of halogens is 1. The van der Waals surface area contributed by atoms with E-state index in [1.165, 1.54) is 0 Å². The monoisotopic (exact) mass is 834 g/mol. The van der Waals surface area contributed by atoms with Gasteiger partial charge in [-0.15, -0.1) is 0 Å². The number of amides is 4. The predicted molar refractivity (Wildman–Crippen MR) is 224 cm³/mol. The third kappa shape index (κ3) is 9.07. The number of pyridine rings is 2. The number of aryl methyl sites for hydroxylation is 1. The van der Waals surface area contributed by atoms with Crippen LogP contribution in [-0.4, -0.2) is 138 Å². The Balaban J connectivity index is 0.702. The number of nitrogens with zero attached hydrogens (tertiary/aromatic N) is 7. The van der Waals surface area contributed by atoms with Crippen LogP contribution in [0, 0.1) is 12.7 Å². The minimum atomic E-state index is -1.02. The number of carbonyl (C=O) groups excluding carboxylic acids is 4. The number of hydrogen-bond acceptors (Lipinski definition) is 14. The van der Waals surface area contributed by atoms with Gasteiger partial charge in [-0.05, 0) is 61.9 Å². The summed E-state index contributed by atoms with van der Waals surface area (Å²) in [5, 5.41) is 5.36. The number of ether oxygens (including phenoxy) is 3. The van der Waals surface area contributed by atoms with Crippen LogP contribution in [0.2, 0.25) is 0 Å². The van der Waals surface area contributed by atoms with Gasteiger partial charge in [0.2, 0.25) is 11.8 Å². The molecule has 3 aliphatic heterocycles. The molecule has 6 heterocycles. The first kappa shape index (κ1) is 41.4. The molecular weight excluding hydrogens is 788 g/mol. The molecule has 1 unspecified atom stereocenters. The van der Waals surface area contributed by atoms with E-state index in [2.05, 4.69) is 30.4 Å². The number of piperidine rings is 1. The van der Waals surface area contributed by atoms with Crippen molar-refractivity contribution in [2.24, 2.45) is 0 Å². The van der Waals surface area contributed by atoms with Crippen LogP contribution in [0.5, 0.6) is 0 Å². The first-order valence-electron chi connectivity index (χ1n) is 20.3. The van der Waals surface area contributed by atoms with Crippen molar-refractivity contribution in [2.75, 3.05) is 94.9 Å². The van der Waals surface area contributed by atoms with Crippen molar-refractivity contribution in [3.63, 3.8) is 0 Å². The summed E-state index contributed by atoms with van der Waals surface area (Å²) in [5.41, 5.74) is 10.9. The number of nitrogens with two attached hydrogens (primary N) is 1. The molecule has 3 aromatic heterocycles. The van der Waals surface area contributed by atoms with Gasteiger partial charge in [-0.2, -0.15) is 0 Å². The van der Waals surface area contributed by atoms with E-state index >= 15 is 4.39 Å². The zero-order chi connectivity index (χ0) is 42.5. The largest absolute Gasteiger partial charge is 0.384 e. The molecule has 18 heteroatoms. The lowest BCUT2D eigenvalue weighted by atomic mass is 10.0. The van der Waals surface area contributed by atoms with Crippen LogP contribution in [-0.2, 0) is 23.8 Å². The molecule has 0 aliphatic carbocycles. The fourth-order valence-electron chi connectivity index (χ4n) is 7.91. The Morgan fingerprint density at radius 3 is 2.39 bits per heavy atom. The molecule has 1 atom stereocenters. The number of rotatable bonds is 17. The average molecular weight is 835 g/mol. The van der Waals surface area contributed by atoms with Gasteiger partial charge in [-0.1, -0.05) is 6.07 Å². The first-order valence-corrected chi connectivity index (χ1v) is 20.3. The topological polar surface area (TPSA) is 199 Å². The maximum Gasteiger partial charge on any atom is 0.264 e. The standard InChI is InChI=1S/C43H47FN10O7/c1-27-48-34-7-6-32(28-11-12-47-37(45)25-28)49-40(34)53(27)29-5-8-35(31(44)26-29)52-16-14-51(15-17-52)18-20-60-22-24-61-23-21-59-19-13-46-33-4-2-3-30-39(33)43(58)54(42(30)57)36-9-10-38(55)50-41(36)56/h2-8,11-12,25-26,36,46H,9-10,13-24H2,1H3,(H2,45,47)(H,50,55,56). The van der Waals surface area contributed by atoms with Crippen LogP contribution in [0.25, 0.3) is 28.1 Å². The summed E-state index contributed by atoms with van der Waals surface area (Å²) in [6.45, 7) is 8.48. The molecule has 3 aliphatic rings. The zero-order valence-corrected chi connectivity index (χ0v) is 33.8. The van der Waals surface area contributed by atoms with Gasteiger partial charge in [-0.25, -0.2) is 19.3 Å². The number of hydrogen-bond donors (Lipinski definition) is 3. The molecule has 2 saturated heterocycles. The van der Waals surface area contributed by atoms with Gasteiger partial charge in [-0.3, -0.25) is 38.9 Å². The van der Waals surface area contributed by atoms with Gasteiger partial charge < -0.3 is 30.2 Å². The van der Waals surface area contributed by atoms with Crippen molar-refractivity contribution in [1.82, 2.24) is 34.6 Å². The quantitative estimate of drug-likeness (QED) is 0.0912. The lowest BCUT2D eigenvalue weighted by Gasteiger charge is -2.36. The summed E-state index contributed by atoms with van der Waals surface area (Å²) >= 11 is 0. The Labute approximate surface area is 351 Å². The lowest BCUT2D eigenvalue weighted by Crippen LogP contribution is -2.54. The summed E-state index contributed by atoms with van der Waals surface area (Å²) in [7, 11) is 0. The Morgan fingerprint density at radius 2 is 1.64 bits per heavy atom. The van der Waals surface area contributed by atoms with Crippen molar-refractivity contribution in [3.05, 3.63) is 89.6 Å². The smallest absolute Gasteiger partial charge is 0.264 e. The number of nitrogens with one attached hydrogen (secondary N) is 2. The highest BCUT2D eigenvalue weighted by atomic mass is 19.1. The fourth-order valence-corrected chi connectivity index (χ4v) is 7.91. The number of benzene rings is 2. The number of nitrogen functional groups attached to an aromatic ring is 1. The van der Waals surface area contributed by atoms with Gasteiger partial charge in [0.25, 0.3) is 11.8 Å². The van der Waals surface area contributed by atoms with Crippen molar-refractivity contribution in [3.8, 4) is 16.9 Å². The Hall–Kier alpha value is -6.34. The average Bonchev–Trinajstić information content (AvgIpc) is 3.72. The van der Waals surface area contributed by atoms with Gasteiger partial charge in [0, 0.05) is 69.2 Å². The molecule has 0 radical (unpaired) electrons. The second-order valence-corrected chi connectivity index (χ2v) is 14.9. The minimum absolute atomic E-state index is 0.0602. The second-order valence-electron chi connectivity index (χ2n) is 14.9. The molecule has 17 nitrogen and oxygen atoms in total. The Bertz CT molecular complexity index is 2450. The molecule has 8 rings (SSSR count). The van der Waals surface area contributed by atoms with Crippen LogP contribution in [0.3, 0.4) is 0 Å². The molecular formula is C43H47FN10O7. The molecule has 2 aromatic carbocycles. The second kappa shape index (κ2) is 18.5. The summed E-state index contributed by atoms with van der Waals surface area (Å²) < 4.78 is 34.7. The van der Waals surface area contributed by atoms with Crippen molar-refractivity contribution in [2.45, 2.75) is 25.8 Å². The maximum absolute atomic E-state index is 15.7. The molecule has 4 N–H and O–H groups in total. The molecule has 318 valence electrons. The molecule has 4 amide bonds. The van der Waals surface area contributed by atoms with E-state index in [1.54, 1.807) is 36.5 Å². The molecule has 2 fully saturated rings. The van der Waals surface area contributed by atoms with Gasteiger partial charge >= 0.3 is 0 Å². The molecule has 5 aromatic rings. The summed E-state index contributed by atoms with van der Waals surface area (Å²) in [6.07, 6.45) is 1.80. The predicted octanol–water partition coefficient (Wildman–Crippen LogP) is 3.20. The number of carbonyl (C=O) groups is 4. The SMILES string of the molecule is Cc1nc2ccc(-c3ccnc(N)c3)nc2n1-c1ccc(N2CCN(CCOCCOCCOCCNc3cccc4c3C(=O)N(C3CCC(=O)NC3=O)C4=O)CC2)c(F)c1. The Kier molecular flexibility index (Phi) is 12.6. The van der Waals surface area contributed by atoms with Crippen LogP contribution in [0.1, 0.15) is 39.4 Å². The number of imide groups is 2. The van der Waals surface area contributed by atoms with E-state index in [-0.39, 0.29) is 29.8 Å². The van der Waals surface area contributed by atoms with E-state index in [4.69, 9.17) is 24.9 Å². The van der Waals surface area contributed by atoms with Crippen LogP contribution in [0.15, 0.2) is 66.9 Å². The van der Waals surface area contributed by atoms with Crippen LogP contribution < -0.4 is 21.3 Å². The van der Waals surface area contributed by atoms with Crippen molar-refractivity contribution < 1.29 is 37.8 Å².